The zero-order chi connectivity index (χ0) is 16.6. The maximum Gasteiger partial charge on any atom is 0.408 e. The van der Waals surface area contributed by atoms with Crippen LogP contribution in [0, 0.1) is 5.41 Å². The Labute approximate surface area is 128 Å². The summed E-state index contributed by atoms with van der Waals surface area (Å²) >= 11 is 0. The normalized spacial score (nSPS) is 23.1. The molecule has 22 heavy (non-hydrogen) atoms. The van der Waals surface area contributed by atoms with E-state index in [0.717, 1.165) is 0 Å². The van der Waals surface area contributed by atoms with Gasteiger partial charge < -0.3 is 19.7 Å². The number of alkyl halides is 3. The van der Waals surface area contributed by atoms with E-state index in [1.165, 1.54) is 4.90 Å². The van der Waals surface area contributed by atoms with Crippen molar-refractivity contribution in [1.29, 1.82) is 0 Å². The van der Waals surface area contributed by atoms with Gasteiger partial charge in [0.1, 0.15) is 6.04 Å². The Morgan fingerprint density at radius 1 is 1.27 bits per heavy atom. The van der Waals surface area contributed by atoms with Crippen LogP contribution in [0.25, 0.3) is 0 Å². The third-order valence-corrected chi connectivity index (χ3v) is 3.80. The lowest BCUT2D eigenvalue weighted by Gasteiger charge is -2.30. The Morgan fingerprint density at radius 2 is 1.86 bits per heavy atom. The lowest BCUT2D eigenvalue weighted by atomic mass is 9.88. The first-order valence-corrected chi connectivity index (χ1v) is 7.41. The van der Waals surface area contributed by atoms with Gasteiger partial charge in [0.2, 0.25) is 0 Å². The van der Waals surface area contributed by atoms with Gasteiger partial charge in [-0.3, -0.25) is 0 Å². The minimum atomic E-state index is -4.47. The quantitative estimate of drug-likeness (QED) is 0.849. The van der Waals surface area contributed by atoms with Gasteiger partial charge in [-0.05, 0) is 11.8 Å². The van der Waals surface area contributed by atoms with E-state index in [4.69, 9.17) is 9.47 Å². The number of ether oxygens (including phenoxy) is 2. The topological polar surface area (TPSA) is 50.8 Å². The number of likely N-dealkylation sites (tertiary alicyclic amines) is 1. The Bertz CT molecular complexity index is 415. The fourth-order valence-corrected chi connectivity index (χ4v) is 2.76. The second-order valence-electron chi connectivity index (χ2n) is 7.09. The summed E-state index contributed by atoms with van der Waals surface area (Å²) in [5.74, 6) is -0.824. The van der Waals surface area contributed by atoms with Crippen molar-refractivity contribution in [3.8, 4) is 0 Å². The van der Waals surface area contributed by atoms with Crippen LogP contribution < -0.4 is 5.32 Å². The van der Waals surface area contributed by atoms with Gasteiger partial charge in [0.25, 0.3) is 0 Å². The van der Waals surface area contributed by atoms with Gasteiger partial charge in [-0.15, -0.1) is 0 Å². The van der Waals surface area contributed by atoms with Crippen LogP contribution in [0.3, 0.4) is 0 Å². The minimum absolute atomic E-state index is 0.166. The lowest BCUT2D eigenvalue weighted by molar-refractivity contribution is -0.160. The Hall–Kier alpha value is -1.02. The van der Waals surface area contributed by atoms with Gasteiger partial charge in [0.15, 0.2) is 5.79 Å². The zero-order valence-corrected chi connectivity index (χ0v) is 13.1. The van der Waals surface area contributed by atoms with Gasteiger partial charge in [-0.1, -0.05) is 20.8 Å². The highest BCUT2D eigenvalue weighted by atomic mass is 19.4. The van der Waals surface area contributed by atoms with E-state index in [1.54, 1.807) is 20.8 Å². The standard InChI is InChI=1S/C14H23F3N2O3/c1-12(2,3)8-10(14(15,16)17)18-11(20)19-5-4-13(9-19)21-6-7-22-13/h10H,4-9H2,1-3H3,(H,18,20). The molecule has 2 heterocycles. The van der Waals surface area contributed by atoms with E-state index in [1.807, 2.05) is 0 Å². The number of carbonyl (C=O) groups excluding carboxylic acids is 1. The van der Waals surface area contributed by atoms with Crippen LogP contribution in [0.15, 0.2) is 0 Å². The summed E-state index contributed by atoms with van der Waals surface area (Å²) in [5, 5.41) is 2.11. The molecule has 0 saturated carbocycles. The molecule has 1 N–H and O–H groups in total. The smallest absolute Gasteiger partial charge is 0.346 e. The van der Waals surface area contributed by atoms with Crippen molar-refractivity contribution in [2.45, 2.75) is 51.6 Å². The summed E-state index contributed by atoms with van der Waals surface area (Å²) in [6, 6.07) is -2.58. The average Bonchev–Trinajstić information content (AvgIpc) is 2.97. The molecule has 0 bridgehead atoms. The molecule has 0 aromatic rings. The van der Waals surface area contributed by atoms with Crippen molar-refractivity contribution in [3.05, 3.63) is 0 Å². The van der Waals surface area contributed by atoms with Gasteiger partial charge in [0.05, 0.1) is 19.8 Å². The summed E-state index contributed by atoms with van der Waals surface area (Å²) in [6.07, 6.45) is -4.16. The summed E-state index contributed by atoms with van der Waals surface area (Å²) in [5.41, 5.74) is -0.544. The average molecular weight is 324 g/mol. The number of hydrogen-bond acceptors (Lipinski definition) is 3. The Morgan fingerprint density at radius 3 is 2.36 bits per heavy atom. The molecule has 1 unspecified atom stereocenters. The molecule has 2 saturated heterocycles. The molecule has 2 rings (SSSR count). The maximum atomic E-state index is 13.1. The number of amides is 2. The number of carbonyl (C=O) groups is 1. The number of hydrogen-bond donors (Lipinski definition) is 1. The van der Waals surface area contributed by atoms with Gasteiger partial charge in [-0.2, -0.15) is 13.2 Å². The third-order valence-electron chi connectivity index (χ3n) is 3.80. The number of halogens is 3. The molecular weight excluding hydrogens is 301 g/mol. The number of nitrogens with one attached hydrogen (secondary N) is 1. The van der Waals surface area contributed by atoms with Crippen molar-refractivity contribution in [2.75, 3.05) is 26.3 Å². The monoisotopic (exact) mass is 324 g/mol. The van der Waals surface area contributed by atoms with E-state index >= 15 is 0 Å². The summed E-state index contributed by atoms with van der Waals surface area (Å²) in [4.78, 5) is 13.5. The van der Waals surface area contributed by atoms with Crippen LogP contribution in [-0.4, -0.2) is 55.2 Å². The van der Waals surface area contributed by atoms with Gasteiger partial charge >= 0.3 is 12.2 Å². The van der Waals surface area contributed by atoms with Crippen molar-refractivity contribution >= 4 is 6.03 Å². The van der Waals surface area contributed by atoms with Crippen LogP contribution in [0.2, 0.25) is 0 Å². The number of nitrogens with zero attached hydrogens (tertiary/aromatic N) is 1. The minimum Gasteiger partial charge on any atom is -0.346 e. The molecule has 128 valence electrons. The highest BCUT2D eigenvalue weighted by molar-refractivity contribution is 5.75. The Kier molecular flexibility index (Phi) is 4.64. The molecule has 2 amide bonds. The second kappa shape index (κ2) is 5.88. The van der Waals surface area contributed by atoms with E-state index in [9.17, 15) is 18.0 Å². The third kappa shape index (κ3) is 4.25. The molecule has 2 aliphatic rings. The molecule has 1 spiro atoms. The summed E-state index contributed by atoms with van der Waals surface area (Å²) in [7, 11) is 0. The van der Waals surface area contributed by atoms with Crippen LogP contribution >= 0.6 is 0 Å². The second-order valence-corrected chi connectivity index (χ2v) is 7.09. The predicted octanol–water partition coefficient (Wildman–Crippen LogP) is 2.51. The van der Waals surface area contributed by atoms with Gasteiger partial charge in [-0.25, -0.2) is 4.79 Å². The first kappa shape index (κ1) is 17.3. The van der Waals surface area contributed by atoms with Crippen LogP contribution in [-0.2, 0) is 9.47 Å². The van der Waals surface area contributed by atoms with Crippen LogP contribution in [0.5, 0.6) is 0 Å². The summed E-state index contributed by atoms with van der Waals surface area (Å²) in [6.45, 7) is 6.52. The fourth-order valence-electron chi connectivity index (χ4n) is 2.76. The summed E-state index contributed by atoms with van der Waals surface area (Å²) < 4.78 is 50.3. The molecule has 5 nitrogen and oxygen atoms in total. The van der Waals surface area contributed by atoms with Gasteiger partial charge in [0, 0.05) is 13.0 Å². The molecule has 8 heteroatoms. The first-order valence-electron chi connectivity index (χ1n) is 7.41. The van der Waals surface area contributed by atoms with Crippen LogP contribution in [0.4, 0.5) is 18.0 Å². The van der Waals surface area contributed by atoms with Crippen molar-refractivity contribution in [1.82, 2.24) is 10.2 Å². The maximum absolute atomic E-state index is 13.1. The van der Waals surface area contributed by atoms with Crippen molar-refractivity contribution < 1.29 is 27.4 Å². The first-order chi connectivity index (χ1) is 10.0. The zero-order valence-electron chi connectivity index (χ0n) is 13.1. The fraction of sp³-hybridized carbons (Fsp3) is 0.929. The Balaban J connectivity index is 1.96. The van der Waals surface area contributed by atoms with E-state index in [0.29, 0.717) is 26.2 Å². The van der Waals surface area contributed by atoms with Crippen molar-refractivity contribution in [2.24, 2.45) is 5.41 Å². The molecule has 0 aromatic carbocycles. The van der Waals surface area contributed by atoms with E-state index in [2.05, 4.69) is 5.32 Å². The van der Waals surface area contributed by atoms with E-state index in [-0.39, 0.29) is 13.0 Å². The molecular formula is C14H23F3N2O3. The number of urea groups is 1. The van der Waals surface area contributed by atoms with Crippen molar-refractivity contribution in [3.63, 3.8) is 0 Å². The molecule has 1 atom stereocenters. The molecule has 2 aliphatic heterocycles. The number of rotatable bonds is 2. The predicted molar refractivity (Wildman–Crippen MR) is 73.3 cm³/mol. The molecule has 2 fully saturated rings. The lowest BCUT2D eigenvalue weighted by Crippen LogP contribution is -2.52. The SMILES string of the molecule is CC(C)(C)CC(NC(=O)N1CCC2(C1)OCCO2)C(F)(F)F. The largest absolute Gasteiger partial charge is 0.408 e. The molecule has 0 aromatic heterocycles. The van der Waals surface area contributed by atoms with Crippen LogP contribution in [0.1, 0.15) is 33.6 Å². The molecule has 0 aliphatic carbocycles. The van der Waals surface area contributed by atoms with E-state index < -0.39 is 29.5 Å². The highest BCUT2D eigenvalue weighted by Crippen LogP contribution is 2.33. The highest BCUT2D eigenvalue weighted by Gasteiger charge is 2.47. The molecule has 0 radical (unpaired) electrons.